The summed E-state index contributed by atoms with van der Waals surface area (Å²) in [6.07, 6.45) is 3.48. The van der Waals surface area contributed by atoms with Gasteiger partial charge in [-0.1, -0.05) is 24.3 Å². The summed E-state index contributed by atoms with van der Waals surface area (Å²) >= 11 is 1.50. The van der Waals surface area contributed by atoms with Crippen LogP contribution in [0.3, 0.4) is 0 Å². The molecule has 7 heteroatoms. The zero-order chi connectivity index (χ0) is 19.7. The van der Waals surface area contributed by atoms with E-state index in [1.54, 1.807) is 0 Å². The average Bonchev–Trinajstić information content (AvgIpc) is 3.40. The van der Waals surface area contributed by atoms with Crippen molar-refractivity contribution in [3.8, 4) is 11.3 Å². The van der Waals surface area contributed by atoms with Crippen molar-refractivity contribution in [3.05, 3.63) is 70.4 Å². The van der Waals surface area contributed by atoms with E-state index in [0.29, 0.717) is 5.56 Å². The first kappa shape index (κ1) is 18.3. The molecular formula is C21H18FN3O2S. The fourth-order valence-corrected chi connectivity index (χ4v) is 3.78. The van der Waals surface area contributed by atoms with Gasteiger partial charge < -0.3 is 5.11 Å². The van der Waals surface area contributed by atoms with Crippen LogP contribution in [0, 0.1) is 12.7 Å². The van der Waals surface area contributed by atoms with Crippen molar-refractivity contribution in [2.24, 2.45) is 5.10 Å². The smallest absolute Gasteiger partial charge is 0.336 e. The molecule has 142 valence electrons. The molecule has 1 aromatic heterocycles. The van der Waals surface area contributed by atoms with E-state index in [4.69, 9.17) is 4.98 Å². The molecule has 0 aliphatic heterocycles. The highest BCUT2D eigenvalue weighted by Gasteiger charge is 2.31. The van der Waals surface area contributed by atoms with Crippen LogP contribution < -0.4 is 5.01 Å². The Morgan fingerprint density at radius 2 is 2.11 bits per heavy atom. The Kier molecular flexibility index (Phi) is 4.92. The number of carbonyl (C=O) groups is 1. The molecule has 2 aromatic carbocycles. The third-order valence-corrected chi connectivity index (χ3v) is 5.40. The Hall–Kier alpha value is -3.06. The van der Waals surface area contributed by atoms with Crippen molar-refractivity contribution < 1.29 is 14.3 Å². The summed E-state index contributed by atoms with van der Waals surface area (Å²) < 4.78 is 13.4. The van der Waals surface area contributed by atoms with E-state index in [2.05, 4.69) is 5.10 Å². The number of benzene rings is 2. The molecule has 1 saturated carbocycles. The van der Waals surface area contributed by atoms with Gasteiger partial charge in [0.05, 0.1) is 23.5 Å². The van der Waals surface area contributed by atoms with Gasteiger partial charge in [-0.15, -0.1) is 11.3 Å². The van der Waals surface area contributed by atoms with E-state index in [-0.39, 0.29) is 11.6 Å². The van der Waals surface area contributed by atoms with Crippen LogP contribution in [-0.2, 0) is 0 Å². The maximum atomic E-state index is 13.4. The molecule has 4 rings (SSSR count). The molecule has 0 unspecified atom stereocenters. The molecule has 1 fully saturated rings. The predicted octanol–water partition coefficient (Wildman–Crippen LogP) is 4.96. The first-order chi connectivity index (χ1) is 13.5. The number of anilines is 1. The van der Waals surface area contributed by atoms with E-state index in [1.807, 2.05) is 41.6 Å². The number of halogens is 1. The Balaban J connectivity index is 1.64. The van der Waals surface area contributed by atoms with Crippen LogP contribution in [0.2, 0.25) is 0 Å². The van der Waals surface area contributed by atoms with E-state index in [0.717, 1.165) is 40.9 Å². The largest absolute Gasteiger partial charge is 0.478 e. The van der Waals surface area contributed by atoms with Crippen LogP contribution in [0.15, 0.2) is 52.9 Å². The summed E-state index contributed by atoms with van der Waals surface area (Å²) in [4.78, 5) is 16.1. The molecule has 1 N–H and O–H groups in total. The number of hydrazone groups is 1. The number of aryl methyl sites for hydroxylation is 1. The van der Waals surface area contributed by atoms with Crippen molar-refractivity contribution in [2.75, 3.05) is 5.01 Å². The van der Waals surface area contributed by atoms with Crippen LogP contribution in [0.25, 0.3) is 11.3 Å². The fraction of sp³-hybridized carbons (Fsp3) is 0.190. The lowest BCUT2D eigenvalue weighted by atomic mass is 10.1. The number of aromatic nitrogens is 1. The second-order valence-corrected chi connectivity index (χ2v) is 7.52. The van der Waals surface area contributed by atoms with Gasteiger partial charge in [-0.2, -0.15) is 5.10 Å². The Morgan fingerprint density at radius 3 is 2.82 bits per heavy atom. The second-order valence-electron chi connectivity index (χ2n) is 6.69. The van der Waals surface area contributed by atoms with Crippen molar-refractivity contribution in [1.82, 2.24) is 4.98 Å². The minimum Gasteiger partial charge on any atom is -0.478 e. The van der Waals surface area contributed by atoms with Crippen molar-refractivity contribution in [3.63, 3.8) is 0 Å². The van der Waals surface area contributed by atoms with Gasteiger partial charge in [0, 0.05) is 16.5 Å². The number of nitrogens with zero attached hydrogens (tertiary/aromatic N) is 3. The zero-order valence-corrected chi connectivity index (χ0v) is 16.0. The van der Waals surface area contributed by atoms with Gasteiger partial charge >= 0.3 is 5.97 Å². The molecule has 1 aliphatic carbocycles. The molecule has 3 aromatic rings. The highest BCUT2D eigenvalue weighted by molar-refractivity contribution is 7.14. The summed E-state index contributed by atoms with van der Waals surface area (Å²) in [6, 6.07) is 12.0. The molecule has 0 atom stereocenters. The lowest BCUT2D eigenvalue weighted by molar-refractivity contribution is 0.0696. The lowest BCUT2D eigenvalue weighted by Crippen LogP contribution is -2.19. The van der Waals surface area contributed by atoms with Crippen LogP contribution in [0.5, 0.6) is 0 Å². The quantitative estimate of drug-likeness (QED) is 0.473. The zero-order valence-electron chi connectivity index (χ0n) is 15.2. The number of hydrogen-bond donors (Lipinski definition) is 1. The first-order valence-electron chi connectivity index (χ1n) is 8.90. The fourth-order valence-electron chi connectivity index (χ4n) is 2.92. The molecular weight excluding hydrogens is 377 g/mol. The Labute approximate surface area is 165 Å². The normalized spacial score (nSPS) is 13.8. The van der Waals surface area contributed by atoms with Crippen LogP contribution in [0.4, 0.5) is 9.52 Å². The highest BCUT2D eigenvalue weighted by Crippen LogP contribution is 2.36. The minimum absolute atomic E-state index is 0.112. The standard InChI is InChI=1S/C21H18FN3O2S/c1-13-4-2-3-5-17(13)19-12-28-21(24-19)25(16-8-9-16)23-11-14-6-7-15(22)10-18(14)20(26)27/h2-7,10-12,16H,8-9H2,1H3,(H,26,27)/b23-11+. The van der Waals surface area contributed by atoms with Crippen molar-refractivity contribution in [1.29, 1.82) is 0 Å². The molecule has 1 heterocycles. The monoisotopic (exact) mass is 395 g/mol. The molecule has 0 bridgehead atoms. The van der Waals surface area contributed by atoms with Gasteiger partial charge in [0.2, 0.25) is 5.13 Å². The summed E-state index contributed by atoms with van der Waals surface area (Å²) in [6.45, 7) is 2.05. The number of aromatic carboxylic acids is 1. The SMILES string of the molecule is Cc1ccccc1-c1csc(N(/N=C/c2ccc(F)cc2C(=O)O)C2CC2)n1. The topological polar surface area (TPSA) is 65.8 Å². The van der Waals surface area contributed by atoms with Gasteiger partial charge in [-0.05, 0) is 43.5 Å². The van der Waals surface area contributed by atoms with E-state index in [9.17, 15) is 14.3 Å². The molecule has 0 amide bonds. The summed E-state index contributed by atoms with van der Waals surface area (Å²) in [5, 5.41) is 18.4. The summed E-state index contributed by atoms with van der Waals surface area (Å²) in [7, 11) is 0. The maximum Gasteiger partial charge on any atom is 0.336 e. The molecule has 0 radical (unpaired) electrons. The molecule has 28 heavy (non-hydrogen) atoms. The molecule has 5 nitrogen and oxygen atoms in total. The number of thiazole rings is 1. The van der Waals surface area contributed by atoms with E-state index in [1.165, 1.54) is 29.7 Å². The molecule has 1 aliphatic rings. The third-order valence-electron chi connectivity index (χ3n) is 4.57. The second kappa shape index (κ2) is 7.52. The van der Waals surface area contributed by atoms with Crippen LogP contribution >= 0.6 is 11.3 Å². The average molecular weight is 395 g/mol. The lowest BCUT2D eigenvalue weighted by Gasteiger charge is -2.14. The molecule has 0 saturated heterocycles. The van der Waals surface area contributed by atoms with Gasteiger partial charge in [-0.3, -0.25) is 0 Å². The Morgan fingerprint density at radius 1 is 1.32 bits per heavy atom. The summed E-state index contributed by atoms with van der Waals surface area (Å²) in [5.41, 5.74) is 3.37. The van der Waals surface area contributed by atoms with Gasteiger partial charge in [-0.25, -0.2) is 19.2 Å². The van der Waals surface area contributed by atoms with Crippen LogP contribution in [0.1, 0.15) is 34.3 Å². The number of hydrogen-bond acceptors (Lipinski definition) is 5. The molecule has 0 spiro atoms. The van der Waals surface area contributed by atoms with Crippen LogP contribution in [-0.4, -0.2) is 28.3 Å². The number of rotatable bonds is 6. The van der Waals surface area contributed by atoms with Gasteiger partial charge in [0.1, 0.15) is 5.82 Å². The highest BCUT2D eigenvalue weighted by atomic mass is 32.1. The maximum absolute atomic E-state index is 13.4. The number of carboxylic acid groups (broad SMARTS) is 1. The minimum atomic E-state index is -1.19. The summed E-state index contributed by atoms with van der Waals surface area (Å²) in [5.74, 6) is -1.77. The Bertz CT molecular complexity index is 1060. The van der Waals surface area contributed by atoms with Crippen molar-refractivity contribution >= 4 is 28.7 Å². The van der Waals surface area contributed by atoms with E-state index >= 15 is 0 Å². The van der Waals surface area contributed by atoms with Gasteiger partial charge in [0.15, 0.2) is 0 Å². The predicted molar refractivity (Wildman–Crippen MR) is 109 cm³/mol. The number of carboxylic acids is 1. The van der Waals surface area contributed by atoms with Crippen molar-refractivity contribution in [2.45, 2.75) is 25.8 Å². The van der Waals surface area contributed by atoms with Gasteiger partial charge in [0.25, 0.3) is 0 Å². The van der Waals surface area contributed by atoms with E-state index < -0.39 is 11.8 Å². The third kappa shape index (κ3) is 3.80. The first-order valence-corrected chi connectivity index (χ1v) is 9.78.